The Labute approximate surface area is 167 Å². The zero-order valence-corrected chi connectivity index (χ0v) is 16.0. The van der Waals surface area contributed by atoms with E-state index in [1.54, 1.807) is 48.5 Å². The van der Waals surface area contributed by atoms with Crippen LogP contribution in [0, 0.1) is 0 Å². The van der Waals surface area contributed by atoms with Crippen molar-refractivity contribution in [1.82, 2.24) is 10.0 Å². The summed E-state index contributed by atoms with van der Waals surface area (Å²) >= 11 is 0. The Morgan fingerprint density at radius 3 is 1.76 bits per heavy atom. The van der Waals surface area contributed by atoms with E-state index in [1.165, 1.54) is 0 Å². The van der Waals surface area contributed by atoms with Gasteiger partial charge in [0.2, 0.25) is 11.8 Å². The maximum absolute atomic E-state index is 11.1. The van der Waals surface area contributed by atoms with Crippen molar-refractivity contribution in [3.05, 3.63) is 59.7 Å². The summed E-state index contributed by atoms with van der Waals surface area (Å²) in [6, 6.07) is 13.4. The Morgan fingerprint density at radius 2 is 1.31 bits per heavy atom. The SMILES string of the molecule is CC1CN(N=Nc2ccc(C(N)=O)cc2)CCN1N=Nc1ccc(C(N)=O)cc1. The number of piperazine rings is 1. The predicted molar refractivity (Wildman–Crippen MR) is 107 cm³/mol. The third-order valence-corrected chi connectivity index (χ3v) is 4.44. The lowest BCUT2D eigenvalue weighted by Crippen LogP contribution is -2.47. The van der Waals surface area contributed by atoms with Crippen LogP contribution in [-0.4, -0.2) is 47.5 Å². The fraction of sp³-hybridized carbons (Fsp3) is 0.263. The van der Waals surface area contributed by atoms with Crippen LogP contribution in [0.3, 0.4) is 0 Å². The van der Waals surface area contributed by atoms with Gasteiger partial charge in [0, 0.05) is 11.1 Å². The van der Waals surface area contributed by atoms with Gasteiger partial charge in [-0.05, 0) is 55.5 Å². The molecule has 0 aliphatic carbocycles. The summed E-state index contributed by atoms with van der Waals surface area (Å²) in [5.74, 6) is -0.951. The third kappa shape index (κ3) is 5.34. The molecule has 2 aromatic carbocycles. The van der Waals surface area contributed by atoms with Gasteiger partial charge in [-0.2, -0.15) is 0 Å². The topological polar surface area (TPSA) is 142 Å². The molecule has 0 saturated carbocycles. The highest BCUT2D eigenvalue weighted by Gasteiger charge is 2.22. The fourth-order valence-corrected chi connectivity index (χ4v) is 2.75. The van der Waals surface area contributed by atoms with Gasteiger partial charge in [-0.3, -0.25) is 19.6 Å². The molecule has 1 fully saturated rings. The third-order valence-electron chi connectivity index (χ3n) is 4.44. The lowest BCUT2D eigenvalue weighted by atomic mass is 10.2. The minimum atomic E-state index is -0.476. The summed E-state index contributed by atoms with van der Waals surface area (Å²) in [4.78, 5) is 22.2. The summed E-state index contributed by atoms with van der Waals surface area (Å²) < 4.78 is 0. The molecule has 150 valence electrons. The first-order valence-corrected chi connectivity index (χ1v) is 9.07. The van der Waals surface area contributed by atoms with Crippen molar-refractivity contribution in [3.63, 3.8) is 0 Å². The van der Waals surface area contributed by atoms with E-state index in [0.29, 0.717) is 42.1 Å². The molecule has 0 aromatic heterocycles. The Bertz CT molecular complexity index is 924. The molecule has 1 atom stereocenters. The first kappa shape index (κ1) is 19.9. The Balaban J connectivity index is 1.54. The van der Waals surface area contributed by atoms with Crippen molar-refractivity contribution in [2.45, 2.75) is 13.0 Å². The largest absolute Gasteiger partial charge is 0.366 e. The number of benzene rings is 2. The van der Waals surface area contributed by atoms with Crippen LogP contribution < -0.4 is 11.5 Å². The molecule has 0 bridgehead atoms. The van der Waals surface area contributed by atoms with Gasteiger partial charge in [0.15, 0.2) is 0 Å². The van der Waals surface area contributed by atoms with Crippen LogP contribution in [0.25, 0.3) is 0 Å². The molecule has 1 aliphatic heterocycles. The molecular weight excluding hydrogens is 372 g/mol. The first-order valence-electron chi connectivity index (χ1n) is 9.07. The number of carbonyl (C=O) groups is 2. The summed E-state index contributed by atoms with van der Waals surface area (Å²) in [6.07, 6.45) is 0. The lowest BCUT2D eigenvalue weighted by Gasteiger charge is -2.34. The van der Waals surface area contributed by atoms with Gasteiger partial charge in [-0.15, -0.1) is 10.2 Å². The number of hydrogen-bond donors (Lipinski definition) is 2. The molecule has 4 N–H and O–H groups in total. The van der Waals surface area contributed by atoms with E-state index in [-0.39, 0.29) is 6.04 Å². The highest BCUT2D eigenvalue weighted by molar-refractivity contribution is 5.93. The normalized spacial score (nSPS) is 17.2. The number of rotatable bonds is 6. The smallest absolute Gasteiger partial charge is 0.248 e. The summed E-state index contributed by atoms with van der Waals surface area (Å²) in [5, 5.41) is 20.7. The summed E-state index contributed by atoms with van der Waals surface area (Å²) in [6.45, 7) is 3.96. The van der Waals surface area contributed by atoms with Crippen LogP contribution in [0.2, 0.25) is 0 Å². The Hall–Kier alpha value is -3.82. The van der Waals surface area contributed by atoms with Crippen LogP contribution in [0.1, 0.15) is 27.6 Å². The molecule has 2 amide bonds. The molecular formula is C19H22N8O2. The standard InChI is InChI=1S/C19H22N8O2/c1-13-12-26(24-22-16-6-2-14(3-7-16)18(20)28)10-11-27(13)25-23-17-8-4-15(5-9-17)19(21)29/h2-9,13H,10-12H2,1H3,(H2,20,28)(H2,21,29). The molecule has 3 rings (SSSR count). The number of primary amides is 2. The molecule has 1 saturated heterocycles. The first-order chi connectivity index (χ1) is 13.9. The van der Waals surface area contributed by atoms with Crippen molar-refractivity contribution in [2.24, 2.45) is 32.1 Å². The monoisotopic (exact) mass is 394 g/mol. The molecule has 1 heterocycles. The highest BCUT2D eigenvalue weighted by Crippen LogP contribution is 2.18. The van der Waals surface area contributed by atoms with E-state index in [2.05, 4.69) is 20.7 Å². The minimum absolute atomic E-state index is 0.0913. The number of hydrogen-bond acceptors (Lipinski definition) is 6. The van der Waals surface area contributed by atoms with E-state index in [4.69, 9.17) is 11.5 Å². The van der Waals surface area contributed by atoms with Crippen molar-refractivity contribution in [2.75, 3.05) is 19.6 Å². The zero-order valence-electron chi connectivity index (χ0n) is 16.0. The summed E-state index contributed by atoms with van der Waals surface area (Å²) in [5.41, 5.74) is 12.6. The fourth-order valence-electron chi connectivity index (χ4n) is 2.75. The lowest BCUT2D eigenvalue weighted by molar-refractivity contribution is 0.0767. The average molecular weight is 394 g/mol. The molecule has 0 spiro atoms. The van der Waals surface area contributed by atoms with Gasteiger partial charge in [0.1, 0.15) is 0 Å². The van der Waals surface area contributed by atoms with E-state index >= 15 is 0 Å². The van der Waals surface area contributed by atoms with Gasteiger partial charge in [0.25, 0.3) is 0 Å². The van der Waals surface area contributed by atoms with Gasteiger partial charge < -0.3 is 11.5 Å². The van der Waals surface area contributed by atoms with Gasteiger partial charge >= 0.3 is 0 Å². The number of nitrogens with zero attached hydrogens (tertiary/aromatic N) is 6. The number of nitrogens with two attached hydrogens (primary N) is 2. The second kappa shape index (κ2) is 8.91. The molecule has 29 heavy (non-hydrogen) atoms. The van der Waals surface area contributed by atoms with Crippen LogP contribution >= 0.6 is 0 Å². The van der Waals surface area contributed by atoms with Gasteiger partial charge in [-0.1, -0.05) is 10.4 Å². The molecule has 1 aliphatic rings. The molecule has 2 aromatic rings. The summed E-state index contributed by atoms with van der Waals surface area (Å²) in [7, 11) is 0. The minimum Gasteiger partial charge on any atom is -0.366 e. The van der Waals surface area contributed by atoms with E-state index in [0.717, 1.165) is 0 Å². The highest BCUT2D eigenvalue weighted by atomic mass is 16.1. The Morgan fingerprint density at radius 1 is 0.828 bits per heavy atom. The van der Waals surface area contributed by atoms with Crippen LogP contribution in [0.5, 0.6) is 0 Å². The molecule has 1 unspecified atom stereocenters. The van der Waals surface area contributed by atoms with Crippen molar-refractivity contribution < 1.29 is 9.59 Å². The van der Waals surface area contributed by atoms with Crippen LogP contribution in [-0.2, 0) is 0 Å². The molecule has 0 radical (unpaired) electrons. The quantitative estimate of drug-likeness (QED) is 0.726. The van der Waals surface area contributed by atoms with Gasteiger partial charge in [-0.25, -0.2) is 0 Å². The van der Waals surface area contributed by atoms with E-state index in [1.807, 2.05) is 16.9 Å². The van der Waals surface area contributed by atoms with Crippen molar-refractivity contribution in [3.8, 4) is 0 Å². The zero-order chi connectivity index (χ0) is 20.8. The number of amides is 2. The molecule has 10 heteroatoms. The van der Waals surface area contributed by atoms with Crippen LogP contribution in [0.15, 0.2) is 69.2 Å². The maximum atomic E-state index is 11.1. The Kier molecular flexibility index (Phi) is 6.12. The second-order valence-corrected chi connectivity index (χ2v) is 6.63. The molecule has 10 nitrogen and oxygen atoms in total. The second-order valence-electron chi connectivity index (χ2n) is 6.63. The van der Waals surface area contributed by atoms with Crippen molar-refractivity contribution >= 4 is 23.2 Å². The van der Waals surface area contributed by atoms with Crippen LogP contribution in [0.4, 0.5) is 11.4 Å². The van der Waals surface area contributed by atoms with E-state index < -0.39 is 11.8 Å². The van der Waals surface area contributed by atoms with Crippen molar-refractivity contribution in [1.29, 1.82) is 0 Å². The average Bonchev–Trinajstić information content (AvgIpc) is 2.72. The van der Waals surface area contributed by atoms with Gasteiger partial charge in [0.05, 0.1) is 37.1 Å². The number of carbonyl (C=O) groups excluding carboxylic acids is 2. The predicted octanol–water partition coefficient (Wildman–Crippen LogP) is 2.59. The van der Waals surface area contributed by atoms with E-state index in [9.17, 15) is 9.59 Å². The maximum Gasteiger partial charge on any atom is 0.248 e.